The van der Waals surface area contributed by atoms with Crippen LogP contribution in [0.25, 0.3) is 11.0 Å². The Balaban J connectivity index is 1.57. The molecule has 10 nitrogen and oxygen atoms in total. The number of fused-ring (bicyclic) bond motifs is 1. The maximum atomic E-state index is 11.8. The number of anilines is 2. The van der Waals surface area contributed by atoms with Crippen molar-refractivity contribution in [3.8, 4) is 0 Å². The molecular weight excluding hydrogens is 348 g/mol. The highest BCUT2D eigenvalue weighted by atomic mass is 16.5. The third kappa shape index (κ3) is 3.68. The molecule has 4 rings (SSSR count). The standard InChI is InChI=1S/C17H18N8O2/c1-2-14(26)25-5-3-4-11(9-25)6-18-15-13-8-19-24-16(13)23-17(22-15)21-12-7-20-27-10-12/h2,6-8,10-11H,1,3-5,9H2,(H2,19,21,22,23,24). The molecule has 4 heterocycles. The first-order valence-corrected chi connectivity index (χ1v) is 8.56. The van der Waals surface area contributed by atoms with Gasteiger partial charge in [-0.2, -0.15) is 15.1 Å². The highest BCUT2D eigenvalue weighted by Crippen LogP contribution is 2.25. The fourth-order valence-corrected chi connectivity index (χ4v) is 3.01. The van der Waals surface area contributed by atoms with Gasteiger partial charge in [0.25, 0.3) is 0 Å². The summed E-state index contributed by atoms with van der Waals surface area (Å²) in [5.41, 5.74) is 1.21. The summed E-state index contributed by atoms with van der Waals surface area (Å²) in [7, 11) is 0. The minimum Gasteiger partial charge on any atom is -0.363 e. The number of likely N-dealkylation sites (tertiary alicyclic amines) is 1. The van der Waals surface area contributed by atoms with Crippen LogP contribution in [0.1, 0.15) is 12.8 Å². The maximum absolute atomic E-state index is 11.8. The van der Waals surface area contributed by atoms with Gasteiger partial charge in [0.15, 0.2) is 11.5 Å². The monoisotopic (exact) mass is 366 g/mol. The van der Waals surface area contributed by atoms with Crippen LogP contribution < -0.4 is 5.32 Å². The molecule has 0 bridgehead atoms. The summed E-state index contributed by atoms with van der Waals surface area (Å²) in [6.45, 7) is 4.93. The molecule has 138 valence electrons. The van der Waals surface area contributed by atoms with E-state index >= 15 is 0 Å². The van der Waals surface area contributed by atoms with Gasteiger partial charge in [-0.15, -0.1) is 0 Å². The first-order chi connectivity index (χ1) is 13.2. The van der Waals surface area contributed by atoms with Crippen LogP contribution in [0.2, 0.25) is 0 Å². The van der Waals surface area contributed by atoms with Crippen molar-refractivity contribution in [3.05, 3.63) is 31.3 Å². The largest absolute Gasteiger partial charge is 0.363 e. The van der Waals surface area contributed by atoms with Gasteiger partial charge in [-0.3, -0.25) is 9.89 Å². The minimum atomic E-state index is -0.0485. The van der Waals surface area contributed by atoms with Crippen molar-refractivity contribution in [1.29, 1.82) is 0 Å². The van der Waals surface area contributed by atoms with Crippen molar-refractivity contribution in [3.63, 3.8) is 0 Å². The van der Waals surface area contributed by atoms with Gasteiger partial charge in [0.2, 0.25) is 11.9 Å². The van der Waals surface area contributed by atoms with E-state index in [9.17, 15) is 4.79 Å². The van der Waals surface area contributed by atoms with Crippen molar-refractivity contribution in [2.45, 2.75) is 12.8 Å². The number of amides is 1. The molecule has 0 aromatic carbocycles. The number of aromatic amines is 1. The van der Waals surface area contributed by atoms with Gasteiger partial charge in [-0.05, 0) is 18.9 Å². The van der Waals surface area contributed by atoms with Gasteiger partial charge in [0.05, 0.1) is 17.8 Å². The normalized spacial score (nSPS) is 17.5. The zero-order valence-electron chi connectivity index (χ0n) is 14.5. The first-order valence-electron chi connectivity index (χ1n) is 8.56. The minimum absolute atomic E-state index is 0.0485. The number of carbonyl (C=O) groups excluding carboxylic acids is 1. The molecule has 1 unspecified atom stereocenters. The summed E-state index contributed by atoms with van der Waals surface area (Å²) < 4.78 is 4.80. The second-order valence-corrected chi connectivity index (χ2v) is 6.21. The van der Waals surface area contributed by atoms with Crippen LogP contribution in [0, 0.1) is 5.92 Å². The molecule has 2 N–H and O–H groups in total. The number of aliphatic imine (C=N–C) groups is 1. The third-order valence-electron chi connectivity index (χ3n) is 4.33. The van der Waals surface area contributed by atoms with Crippen molar-refractivity contribution >= 4 is 40.6 Å². The van der Waals surface area contributed by atoms with Gasteiger partial charge >= 0.3 is 0 Å². The van der Waals surface area contributed by atoms with Gasteiger partial charge in [0.1, 0.15) is 12.0 Å². The fourth-order valence-electron chi connectivity index (χ4n) is 3.01. The molecule has 1 aliphatic rings. The van der Waals surface area contributed by atoms with E-state index in [2.05, 4.69) is 42.2 Å². The Bertz CT molecular complexity index is 978. The predicted octanol–water partition coefficient (Wildman–Crippen LogP) is 2.21. The van der Waals surface area contributed by atoms with Crippen LogP contribution in [0.5, 0.6) is 0 Å². The Morgan fingerprint density at radius 1 is 1.44 bits per heavy atom. The summed E-state index contributed by atoms with van der Waals surface area (Å²) in [4.78, 5) is 27.0. The van der Waals surface area contributed by atoms with Crippen molar-refractivity contribution in [2.75, 3.05) is 18.4 Å². The average molecular weight is 366 g/mol. The Morgan fingerprint density at radius 3 is 3.19 bits per heavy atom. The van der Waals surface area contributed by atoms with Crippen molar-refractivity contribution in [2.24, 2.45) is 10.9 Å². The Kier molecular flexibility index (Phi) is 4.60. The summed E-state index contributed by atoms with van der Waals surface area (Å²) in [6.07, 6.45) is 9.71. The van der Waals surface area contributed by atoms with Crippen molar-refractivity contribution in [1.82, 2.24) is 30.2 Å². The molecule has 1 amide bonds. The molecule has 0 aliphatic carbocycles. The molecule has 0 radical (unpaired) electrons. The van der Waals surface area contributed by atoms with Gasteiger partial charge in [0, 0.05) is 25.2 Å². The average Bonchev–Trinajstić information content (AvgIpc) is 3.37. The number of piperidine rings is 1. The van der Waals surface area contributed by atoms with Crippen LogP contribution >= 0.6 is 0 Å². The molecule has 3 aromatic heterocycles. The Morgan fingerprint density at radius 2 is 2.37 bits per heavy atom. The SMILES string of the molecule is C=CC(=O)N1CCCC(C=Nc2nc(Nc3cnoc3)nc3[nH]ncc23)C1. The lowest BCUT2D eigenvalue weighted by Gasteiger charge is -2.30. The topological polar surface area (TPSA) is 125 Å². The number of carbonyl (C=O) groups is 1. The van der Waals surface area contributed by atoms with Crippen LogP contribution in [-0.4, -0.2) is 55.4 Å². The molecule has 1 aliphatic heterocycles. The van der Waals surface area contributed by atoms with E-state index in [1.807, 2.05) is 6.21 Å². The lowest BCUT2D eigenvalue weighted by atomic mass is 9.99. The van der Waals surface area contributed by atoms with Crippen LogP contribution in [-0.2, 0) is 4.79 Å². The van der Waals surface area contributed by atoms with E-state index in [4.69, 9.17) is 4.52 Å². The highest BCUT2D eigenvalue weighted by molar-refractivity contribution is 5.88. The Labute approximate surface area is 154 Å². The van der Waals surface area contributed by atoms with Crippen molar-refractivity contribution < 1.29 is 9.32 Å². The number of rotatable bonds is 5. The molecule has 0 spiro atoms. The van der Waals surface area contributed by atoms with Crippen LogP contribution in [0.15, 0.2) is 40.8 Å². The summed E-state index contributed by atoms with van der Waals surface area (Å²) in [6, 6.07) is 0. The molecule has 27 heavy (non-hydrogen) atoms. The first kappa shape index (κ1) is 16.9. The lowest BCUT2D eigenvalue weighted by molar-refractivity contribution is -0.127. The molecule has 1 fully saturated rings. The Hall–Kier alpha value is -3.56. The van der Waals surface area contributed by atoms with E-state index in [-0.39, 0.29) is 11.8 Å². The second-order valence-electron chi connectivity index (χ2n) is 6.21. The molecule has 3 aromatic rings. The number of aromatic nitrogens is 5. The summed E-state index contributed by atoms with van der Waals surface area (Å²) >= 11 is 0. The summed E-state index contributed by atoms with van der Waals surface area (Å²) in [5, 5.41) is 14.2. The molecule has 10 heteroatoms. The zero-order chi connectivity index (χ0) is 18.6. The van der Waals surface area contributed by atoms with Crippen LogP contribution in [0.4, 0.5) is 17.5 Å². The predicted molar refractivity (Wildman–Crippen MR) is 99.1 cm³/mol. The number of H-pyrrole nitrogens is 1. The van der Waals surface area contributed by atoms with Gasteiger partial charge in [-0.1, -0.05) is 11.7 Å². The number of hydrogen-bond donors (Lipinski definition) is 2. The molecule has 0 saturated carbocycles. The zero-order valence-corrected chi connectivity index (χ0v) is 14.5. The quantitative estimate of drug-likeness (QED) is 0.524. The summed E-state index contributed by atoms with van der Waals surface area (Å²) in [5.74, 6) is 0.968. The van der Waals surface area contributed by atoms with E-state index in [0.29, 0.717) is 29.6 Å². The molecular formula is C17H18N8O2. The van der Waals surface area contributed by atoms with Gasteiger partial charge < -0.3 is 14.7 Å². The molecule has 1 saturated heterocycles. The lowest BCUT2D eigenvalue weighted by Crippen LogP contribution is -2.39. The van der Waals surface area contributed by atoms with E-state index in [0.717, 1.165) is 24.8 Å². The third-order valence-corrected chi connectivity index (χ3v) is 4.33. The maximum Gasteiger partial charge on any atom is 0.245 e. The van der Waals surface area contributed by atoms with E-state index in [1.165, 1.54) is 18.5 Å². The number of nitrogens with one attached hydrogen (secondary N) is 2. The van der Waals surface area contributed by atoms with E-state index in [1.54, 1.807) is 11.1 Å². The molecule has 1 atom stereocenters. The number of nitrogens with zero attached hydrogens (tertiary/aromatic N) is 6. The second kappa shape index (κ2) is 7.36. The van der Waals surface area contributed by atoms with Gasteiger partial charge in [-0.25, -0.2) is 4.99 Å². The number of hydrogen-bond acceptors (Lipinski definition) is 8. The van der Waals surface area contributed by atoms with Crippen LogP contribution in [0.3, 0.4) is 0 Å². The smallest absolute Gasteiger partial charge is 0.245 e. The van der Waals surface area contributed by atoms with E-state index < -0.39 is 0 Å². The fraction of sp³-hybridized carbons (Fsp3) is 0.294. The highest BCUT2D eigenvalue weighted by Gasteiger charge is 2.21.